The average Bonchev–Trinajstić information content (AvgIpc) is 2.36. The average molecular weight is 306 g/mol. The first kappa shape index (κ1) is 14.4. The van der Waals surface area contributed by atoms with Gasteiger partial charge in [0.15, 0.2) is 5.82 Å². The van der Waals surface area contributed by atoms with E-state index in [1.807, 2.05) is 0 Å². The van der Waals surface area contributed by atoms with Crippen molar-refractivity contribution in [3.05, 3.63) is 28.0 Å². The Kier molecular flexibility index (Phi) is 4.53. The van der Waals surface area contributed by atoms with Gasteiger partial charge in [0.05, 0.1) is 16.0 Å². The lowest BCUT2D eigenvalue weighted by molar-refractivity contribution is -0.142. The second kappa shape index (κ2) is 5.97. The van der Waals surface area contributed by atoms with E-state index in [1.54, 1.807) is 0 Å². The molecule has 1 aliphatic rings. The van der Waals surface area contributed by atoms with Crippen LogP contribution in [0.2, 0.25) is 10.0 Å². The third-order valence-corrected chi connectivity index (χ3v) is 3.93. The fourth-order valence-electron chi connectivity index (χ4n) is 2.42. The monoisotopic (exact) mass is 305 g/mol. The number of rotatable bonds is 3. The summed E-state index contributed by atoms with van der Waals surface area (Å²) in [6.45, 7) is 0. The van der Waals surface area contributed by atoms with Gasteiger partial charge in [-0.25, -0.2) is 4.39 Å². The third kappa shape index (κ3) is 3.51. The Hall–Kier alpha value is -1.00. The Morgan fingerprint density at radius 2 is 1.95 bits per heavy atom. The van der Waals surface area contributed by atoms with Gasteiger partial charge < -0.3 is 10.4 Å². The molecule has 6 heteroatoms. The van der Waals surface area contributed by atoms with Crippen molar-refractivity contribution in [2.75, 3.05) is 5.32 Å². The Morgan fingerprint density at radius 3 is 2.53 bits per heavy atom. The van der Waals surface area contributed by atoms with Gasteiger partial charge in [0.25, 0.3) is 0 Å². The summed E-state index contributed by atoms with van der Waals surface area (Å²) < 4.78 is 13.3. The second-order valence-corrected chi connectivity index (χ2v) is 5.61. The van der Waals surface area contributed by atoms with Gasteiger partial charge in [-0.15, -0.1) is 0 Å². The third-order valence-electron chi connectivity index (χ3n) is 3.38. The first-order valence-electron chi connectivity index (χ1n) is 6.11. The highest BCUT2D eigenvalue weighted by Crippen LogP contribution is 2.31. The van der Waals surface area contributed by atoms with Crippen molar-refractivity contribution in [3.8, 4) is 0 Å². The zero-order valence-corrected chi connectivity index (χ0v) is 11.6. The van der Waals surface area contributed by atoms with E-state index in [9.17, 15) is 9.18 Å². The fourth-order valence-corrected chi connectivity index (χ4v) is 2.91. The quantitative estimate of drug-likeness (QED) is 0.823. The van der Waals surface area contributed by atoms with E-state index in [1.165, 1.54) is 12.1 Å². The smallest absolute Gasteiger partial charge is 0.306 e. The van der Waals surface area contributed by atoms with Crippen molar-refractivity contribution in [2.24, 2.45) is 5.92 Å². The maximum Gasteiger partial charge on any atom is 0.306 e. The van der Waals surface area contributed by atoms with Crippen LogP contribution in [0.15, 0.2) is 12.1 Å². The topological polar surface area (TPSA) is 49.3 Å². The van der Waals surface area contributed by atoms with Gasteiger partial charge in [0.1, 0.15) is 0 Å². The zero-order chi connectivity index (χ0) is 14.0. The lowest BCUT2D eigenvalue weighted by Gasteiger charge is -2.28. The Labute approximate surface area is 120 Å². The summed E-state index contributed by atoms with van der Waals surface area (Å²) in [7, 11) is 0. The molecule has 0 heterocycles. The van der Waals surface area contributed by atoms with Crippen LogP contribution >= 0.6 is 23.2 Å². The van der Waals surface area contributed by atoms with Gasteiger partial charge in [-0.2, -0.15) is 0 Å². The second-order valence-electron chi connectivity index (χ2n) is 4.80. The molecule has 0 bridgehead atoms. The van der Waals surface area contributed by atoms with E-state index in [2.05, 4.69) is 5.32 Å². The van der Waals surface area contributed by atoms with Crippen LogP contribution < -0.4 is 5.32 Å². The first-order chi connectivity index (χ1) is 8.97. The summed E-state index contributed by atoms with van der Waals surface area (Å²) in [4.78, 5) is 11.0. The fraction of sp³-hybridized carbons (Fsp3) is 0.462. The summed E-state index contributed by atoms with van der Waals surface area (Å²) in [5, 5.41) is 12.1. The van der Waals surface area contributed by atoms with Gasteiger partial charge in [-0.3, -0.25) is 4.79 Å². The van der Waals surface area contributed by atoms with Gasteiger partial charge in [0, 0.05) is 11.7 Å². The zero-order valence-electron chi connectivity index (χ0n) is 10.1. The molecule has 1 fully saturated rings. The van der Waals surface area contributed by atoms with Crippen LogP contribution in [0.3, 0.4) is 0 Å². The normalized spacial score (nSPS) is 23.1. The Bertz CT molecular complexity index is 473. The van der Waals surface area contributed by atoms with E-state index in [-0.39, 0.29) is 22.0 Å². The number of nitrogens with one attached hydrogen (secondary N) is 1. The van der Waals surface area contributed by atoms with E-state index in [0.717, 1.165) is 12.8 Å². The number of aliphatic carboxylic acids is 1. The summed E-state index contributed by atoms with van der Waals surface area (Å²) in [6, 6.07) is 2.98. The molecular formula is C13H14Cl2FNO2. The van der Waals surface area contributed by atoms with Crippen LogP contribution in [0.1, 0.15) is 25.7 Å². The van der Waals surface area contributed by atoms with Crippen LogP contribution in [0.25, 0.3) is 0 Å². The molecule has 2 unspecified atom stereocenters. The lowest BCUT2D eigenvalue weighted by Crippen LogP contribution is -2.30. The van der Waals surface area contributed by atoms with E-state index >= 15 is 0 Å². The molecule has 1 aromatic rings. The summed E-state index contributed by atoms with van der Waals surface area (Å²) in [5.74, 6) is -1.72. The van der Waals surface area contributed by atoms with Crippen molar-refractivity contribution in [1.82, 2.24) is 0 Å². The van der Waals surface area contributed by atoms with E-state index in [0.29, 0.717) is 18.5 Å². The molecule has 1 aromatic carbocycles. The molecule has 0 spiro atoms. The van der Waals surface area contributed by atoms with Gasteiger partial charge >= 0.3 is 5.97 Å². The van der Waals surface area contributed by atoms with Crippen LogP contribution in [-0.4, -0.2) is 17.1 Å². The Morgan fingerprint density at radius 1 is 1.32 bits per heavy atom. The molecule has 0 radical (unpaired) electrons. The molecule has 0 aromatic heterocycles. The molecule has 2 rings (SSSR count). The molecule has 104 valence electrons. The van der Waals surface area contributed by atoms with Crippen molar-refractivity contribution < 1.29 is 14.3 Å². The van der Waals surface area contributed by atoms with E-state index in [4.69, 9.17) is 28.3 Å². The highest BCUT2D eigenvalue weighted by molar-refractivity contribution is 6.35. The number of anilines is 1. The van der Waals surface area contributed by atoms with Gasteiger partial charge in [-0.05, 0) is 31.4 Å². The van der Waals surface area contributed by atoms with E-state index < -0.39 is 11.8 Å². The Balaban J connectivity index is 2.07. The number of hydrogen-bond acceptors (Lipinski definition) is 2. The van der Waals surface area contributed by atoms with Crippen molar-refractivity contribution in [3.63, 3.8) is 0 Å². The largest absolute Gasteiger partial charge is 0.481 e. The van der Waals surface area contributed by atoms with Crippen LogP contribution in [0.4, 0.5) is 10.1 Å². The highest BCUT2D eigenvalue weighted by atomic mass is 35.5. The molecule has 2 N–H and O–H groups in total. The minimum Gasteiger partial charge on any atom is -0.481 e. The maximum atomic E-state index is 13.3. The maximum absolute atomic E-state index is 13.3. The minimum atomic E-state index is -0.762. The minimum absolute atomic E-state index is 0.0411. The molecule has 0 aliphatic heterocycles. The van der Waals surface area contributed by atoms with Crippen molar-refractivity contribution >= 4 is 34.9 Å². The first-order valence-corrected chi connectivity index (χ1v) is 6.87. The SMILES string of the molecule is O=C(O)C1CCCC(Nc2cc(Cl)c(F)c(Cl)c2)C1. The predicted octanol–water partition coefficient (Wildman–Crippen LogP) is 4.19. The number of halogens is 3. The molecule has 2 atom stereocenters. The standard InChI is InChI=1S/C13H14Cl2FNO2/c14-10-5-9(6-11(15)12(10)16)17-8-3-1-2-7(4-8)13(18)19/h5-8,17H,1-4H2,(H,18,19). The van der Waals surface area contributed by atoms with Crippen LogP contribution in [0, 0.1) is 11.7 Å². The number of benzene rings is 1. The highest BCUT2D eigenvalue weighted by Gasteiger charge is 2.27. The van der Waals surface area contributed by atoms with Crippen LogP contribution in [0.5, 0.6) is 0 Å². The molecular weight excluding hydrogens is 292 g/mol. The number of hydrogen-bond donors (Lipinski definition) is 2. The number of carboxylic acid groups (broad SMARTS) is 1. The number of carboxylic acids is 1. The number of carbonyl (C=O) groups is 1. The van der Waals surface area contributed by atoms with Crippen molar-refractivity contribution in [2.45, 2.75) is 31.7 Å². The predicted molar refractivity (Wildman–Crippen MR) is 73.4 cm³/mol. The molecule has 1 saturated carbocycles. The van der Waals surface area contributed by atoms with Gasteiger partial charge in [-0.1, -0.05) is 29.6 Å². The summed E-state index contributed by atoms with van der Waals surface area (Å²) >= 11 is 11.4. The lowest BCUT2D eigenvalue weighted by atomic mass is 9.85. The summed E-state index contributed by atoms with van der Waals surface area (Å²) in [5.41, 5.74) is 0.618. The van der Waals surface area contributed by atoms with Crippen LogP contribution in [-0.2, 0) is 4.79 Å². The van der Waals surface area contributed by atoms with Crippen molar-refractivity contribution in [1.29, 1.82) is 0 Å². The molecule has 19 heavy (non-hydrogen) atoms. The van der Waals surface area contributed by atoms with Gasteiger partial charge in [0.2, 0.25) is 0 Å². The summed E-state index contributed by atoms with van der Waals surface area (Å²) in [6.07, 6.45) is 3.01. The molecule has 0 saturated heterocycles. The molecule has 0 amide bonds. The molecule has 1 aliphatic carbocycles. The molecule has 3 nitrogen and oxygen atoms in total.